The van der Waals surface area contributed by atoms with Crippen LogP contribution in [0.1, 0.15) is 42.8 Å². The molecule has 3 aliphatic carbocycles. The Morgan fingerprint density at radius 2 is 1.82 bits per heavy atom. The average molecular weight is 545 g/mol. The highest BCUT2D eigenvalue weighted by Crippen LogP contribution is 2.59. The number of nitrogens with one attached hydrogen (secondary N) is 1. The van der Waals surface area contributed by atoms with E-state index in [-0.39, 0.29) is 17.4 Å². The first kappa shape index (κ1) is 27.3. The van der Waals surface area contributed by atoms with E-state index in [1.807, 2.05) is 0 Å². The van der Waals surface area contributed by atoms with Crippen LogP contribution in [0.25, 0.3) is 0 Å². The third kappa shape index (κ3) is 5.85. The number of halogens is 3. The fourth-order valence-electron chi connectivity index (χ4n) is 6.07. The first-order valence-corrected chi connectivity index (χ1v) is 13.5. The molecular weight excluding hydrogens is 509 g/mol. The van der Waals surface area contributed by atoms with Gasteiger partial charge in [0.25, 0.3) is 5.91 Å². The monoisotopic (exact) mass is 544 g/mol. The normalized spacial score (nSPS) is 22.6. The van der Waals surface area contributed by atoms with Gasteiger partial charge in [-0.3, -0.25) is 9.69 Å². The number of rotatable bonds is 7. The number of allylic oxidation sites excluding steroid dienone is 1. The SMILES string of the molecule is CC1(C)C2CC=C(CN(CCN3CCN(C(=O)c4ccco4)CC3)C(=O)Nc3ccc(C(F)(F)F)cc3)C1C2. The Hall–Kier alpha value is -3.27. The number of furan rings is 1. The molecule has 2 heterocycles. The second kappa shape index (κ2) is 10.7. The largest absolute Gasteiger partial charge is 0.459 e. The van der Waals surface area contributed by atoms with Gasteiger partial charge in [0.15, 0.2) is 5.76 Å². The number of anilines is 1. The van der Waals surface area contributed by atoms with Crippen LogP contribution in [0.5, 0.6) is 0 Å². The van der Waals surface area contributed by atoms with Crippen molar-refractivity contribution in [3.8, 4) is 0 Å². The van der Waals surface area contributed by atoms with Crippen molar-refractivity contribution in [2.45, 2.75) is 32.9 Å². The summed E-state index contributed by atoms with van der Waals surface area (Å²) in [5.74, 6) is 1.33. The molecule has 2 aromatic rings. The first-order chi connectivity index (χ1) is 18.5. The van der Waals surface area contributed by atoms with Crippen LogP contribution in [0.15, 0.2) is 58.7 Å². The van der Waals surface area contributed by atoms with Crippen molar-refractivity contribution in [3.63, 3.8) is 0 Å². The van der Waals surface area contributed by atoms with Crippen molar-refractivity contribution in [1.29, 1.82) is 0 Å². The molecule has 2 unspecified atom stereocenters. The highest BCUT2D eigenvalue weighted by atomic mass is 19.4. The molecule has 4 aliphatic rings. The summed E-state index contributed by atoms with van der Waals surface area (Å²) in [6.45, 7) is 8.66. The molecular formula is C29H35F3N4O3. The molecule has 2 fully saturated rings. The second-order valence-electron chi connectivity index (χ2n) is 11.4. The van der Waals surface area contributed by atoms with Gasteiger partial charge in [-0.2, -0.15) is 13.2 Å². The maximum absolute atomic E-state index is 13.4. The number of urea groups is 1. The van der Waals surface area contributed by atoms with Crippen LogP contribution in [0.4, 0.5) is 23.7 Å². The van der Waals surface area contributed by atoms with Gasteiger partial charge >= 0.3 is 12.2 Å². The van der Waals surface area contributed by atoms with Crippen LogP contribution < -0.4 is 5.32 Å². The fourth-order valence-corrected chi connectivity index (χ4v) is 6.07. The van der Waals surface area contributed by atoms with Gasteiger partial charge in [0.05, 0.1) is 11.8 Å². The van der Waals surface area contributed by atoms with Crippen molar-refractivity contribution in [2.24, 2.45) is 17.3 Å². The van der Waals surface area contributed by atoms with Gasteiger partial charge < -0.3 is 19.5 Å². The van der Waals surface area contributed by atoms with Crippen LogP contribution in [0.3, 0.4) is 0 Å². The lowest BCUT2D eigenvalue weighted by Gasteiger charge is -2.57. The molecule has 1 aromatic heterocycles. The molecule has 7 nitrogen and oxygen atoms in total. The predicted octanol–water partition coefficient (Wildman–Crippen LogP) is 5.58. The van der Waals surface area contributed by atoms with E-state index >= 15 is 0 Å². The van der Waals surface area contributed by atoms with Crippen molar-refractivity contribution in [3.05, 3.63) is 65.6 Å². The van der Waals surface area contributed by atoms with E-state index in [4.69, 9.17) is 4.42 Å². The van der Waals surface area contributed by atoms with Crippen LogP contribution in [-0.2, 0) is 6.18 Å². The molecule has 1 aromatic carbocycles. The second-order valence-corrected chi connectivity index (χ2v) is 11.4. The van der Waals surface area contributed by atoms with Gasteiger partial charge in [0.2, 0.25) is 0 Å². The van der Waals surface area contributed by atoms with E-state index in [1.165, 1.54) is 24.0 Å². The Kier molecular flexibility index (Phi) is 7.50. The lowest BCUT2D eigenvalue weighted by Crippen LogP contribution is -2.52. The van der Waals surface area contributed by atoms with E-state index in [1.54, 1.807) is 21.9 Å². The Balaban J connectivity index is 1.21. The zero-order valence-corrected chi connectivity index (χ0v) is 22.3. The minimum atomic E-state index is -4.43. The summed E-state index contributed by atoms with van der Waals surface area (Å²) in [6.07, 6.45) is 1.47. The molecule has 6 rings (SSSR count). The number of amides is 3. The minimum absolute atomic E-state index is 0.122. The lowest BCUT2D eigenvalue weighted by atomic mass is 9.49. The Morgan fingerprint density at radius 3 is 2.41 bits per heavy atom. The third-order valence-corrected chi connectivity index (χ3v) is 8.78. The highest BCUT2D eigenvalue weighted by molar-refractivity contribution is 5.91. The Labute approximate surface area is 226 Å². The number of hydrogen-bond donors (Lipinski definition) is 1. The van der Waals surface area contributed by atoms with E-state index in [2.05, 4.69) is 30.1 Å². The maximum atomic E-state index is 13.4. The van der Waals surface area contributed by atoms with E-state index in [0.717, 1.165) is 25.0 Å². The van der Waals surface area contributed by atoms with Crippen molar-refractivity contribution < 1.29 is 27.2 Å². The molecule has 0 radical (unpaired) electrons. The van der Waals surface area contributed by atoms with E-state index < -0.39 is 11.7 Å². The zero-order chi connectivity index (χ0) is 27.8. The summed E-state index contributed by atoms with van der Waals surface area (Å²) in [4.78, 5) is 31.7. The summed E-state index contributed by atoms with van der Waals surface area (Å²) in [5, 5.41) is 2.79. The topological polar surface area (TPSA) is 69.0 Å². The van der Waals surface area contributed by atoms with Crippen molar-refractivity contribution >= 4 is 17.6 Å². The molecule has 1 saturated carbocycles. The molecule has 210 valence electrons. The zero-order valence-electron chi connectivity index (χ0n) is 22.3. The molecule has 0 spiro atoms. The van der Waals surface area contributed by atoms with Crippen molar-refractivity contribution in [2.75, 3.05) is 51.1 Å². The molecule has 2 atom stereocenters. The van der Waals surface area contributed by atoms with E-state index in [9.17, 15) is 22.8 Å². The summed E-state index contributed by atoms with van der Waals surface area (Å²) in [5.41, 5.74) is 1.05. The summed E-state index contributed by atoms with van der Waals surface area (Å²) >= 11 is 0. The highest BCUT2D eigenvalue weighted by Gasteiger charge is 2.51. The minimum Gasteiger partial charge on any atom is -0.459 e. The first-order valence-electron chi connectivity index (χ1n) is 13.5. The van der Waals surface area contributed by atoms with E-state index in [0.29, 0.717) is 69.1 Å². The summed E-state index contributed by atoms with van der Waals surface area (Å²) < 4.78 is 44.1. The van der Waals surface area contributed by atoms with Crippen LogP contribution in [0, 0.1) is 17.3 Å². The number of hydrogen-bond acceptors (Lipinski definition) is 4. The number of benzene rings is 1. The third-order valence-electron chi connectivity index (χ3n) is 8.78. The van der Waals surface area contributed by atoms with Crippen LogP contribution in [-0.4, -0.2) is 72.5 Å². The number of alkyl halides is 3. The van der Waals surface area contributed by atoms with Crippen LogP contribution in [0.2, 0.25) is 0 Å². The van der Waals surface area contributed by atoms with Gasteiger partial charge in [-0.15, -0.1) is 0 Å². The average Bonchev–Trinajstić information content (AvgIpc) is 3.46. The van der Waals surface area contributed by atoms with Gasteiger partial charge in [0, 0.05) is 51.5 Å². The number of piperazine rings is 1. The van der Waals surface area contributed by atoms with Gasteiger partial charge in [-0.1, -0.05) is 25.5 Å². The number of fused-ring (bicyclic) bond motifs is 1. The number of carbonyl (C=O) groups is 2. The molecule has 1 N–H and O–H groups in total. The standard InChI is InChI=1S/C29H35F3N4O3/c1-28(2)22-6-5-20(24(28)18-22)19-36(27(38)33-23-9-7-21(8-10-23)29(30,31)32)16-13-34-11-14-35(15-12-34)26(37)25-4-3-17-39-25/h3-5,7-10,17,22,24H,6,11-16,18-19H2,1-2H3,(H,33,38). The predicted molar refractivity (Wildman–Crippen MR) is 141 cm³/mol. The summed E-state index contributed by atoms with van der Waals surface area (Å²) in [6, 6.07) is 7.55. The molecule has 10 heteroatoms. The fraction of sp³-hybridized carbons (Fsp3) is 0.517. The Morgan fingerprint density at radius 1 is 1.10 bits per heavy atom. The quantitative estimate of drug-likeness (QED) is 0.462. The lowest BCUT2D eigenvalue weighted by molar-refractivity contribution is -0.137. The van der Waals surface area contributed by atoms with Crippen molar-refractivity contribution in [1.82, 2.24) is 14.7 Å². The van der Waals surface area contributed by atoms with Gasteiger partial charge in [-0.05, 0) is 66.5 Å². The molecule has 3 amide bonds. The molecule has 2 bridgehead atoms. The van der Waals surface area contributed by atoms with Gasteiger partial charge in [-0.25, -0.2) is 4.79 Å². The molecule has 39 heavy (non-hydrogen) atoms. The number of nitrogens with zero attached hydrogens (tertiary/aromatic N) is 3. The summed E-state index contributed by atoms with van der Waals surface area (Å²) in [7, 11) is 0. The van der Waals surface area contributed by atoms with Crippen LogP contribution >= 0.6 is 0 Å². The smallest absolute Gasteiger partial charge is 0.416 e. The van der Waals surface area contributed by atoms with Gasteiger partial charge in [0.1, 0.15) is 0 Å². The maximum Gasteiger partial charge on any atom is 0.416 e. The number of carbonyl (C=O) groups excluding carboxylic acids is 2. The molecule has 1 saturated heterocycles. The Bertz CT molecular complexity index is 1200. The molecule has 1 aliphatic heterocycles.